The molecule has 0 bridgehead atoms. The summed E-state index contributed by atoms with van der Waals surface area (Å²) in [6.07, 6.45) is 4.22. The second-order valence-corrected chi connectivity index (χ2v) is 4.53. The predicted octanol–water partition coefficient (Wildman–Crippen LogP) is 2.66. The summed E-state index contributed by atoms with van der Waals surface area (Å²) in [6.45, 7) is 7.01. The van der Waals surface area contributed by atoms with E-state index in [2.05, 4.69) is 6.92 Å². The van der Waals surface area contributed by atoms with Crippen molar-refractivity contribution < 1.29 is 9.53 Å². The Labute approximate surface area is 81.7 Å². The number of hydrogen-bond donors (Lipinski definition) is 0. The van der Waals surface area contributed by atoms with Gasteiger partial charge in [0, 0.05) is 19.1 Å². The lowest BCUT2D eigenvalue weighted by atomic mass is 9.86. The van der Waals surface area contributed by atoms with Crippen LogP contribution in [0.25, 0.3) is 0 Å². The standard InChI is InChI=1S/C11H22O2/c1-10(6-8-13-4)5-7-11(2,3)9-12/h9-10H,5-8H2,1-4H3. The average molecular weight is 186 g/mol. The molecule has 0 saturated carbocycles. The molecule has 0 aromatic rings. The van der Waals surface area contributed by atoms with Gasteiger partial charge in [-0.05, 0) is 25.2 Å². The maximum atomic E-state index is 10.6. The third kappa shape index (κ3) is 6.76. The molecular formula is C11H22O2. The van der Waals surface area contributed by atoms with E-state index in [4.69, 9.17) is 4.74 Å². The first kappa shape index (κ1) is 12.6. The van der Waals surface area contributed by atoms with Gasteiger partial charge in [0.05, 0.1) is 0 Å². The third-order valence-electron chi connectivity index (χ3n) is 2.42. The number of carbonyl (C=O) groups is 1. The summed E-state index contributed by atoms with van der Waals surface area (Å²) < 4.78 is 5.00. The van der Waals surface area contributed by atoms with E-state index in [-0.39, 0.29) is 5.41 Å². The lowest BCUT2D eigenvalue weighted by Crippen LogP contribution is -2.14. The predicted molar refractivity (Wildman–Crippen MR) is 54.7 cm³/mol. The summed E-state index contributed by atoms with van der Waals surface area (Å²) in [4.78, 5) is 10.6. The Morgan fingerprint density at radius 1 is 1.38 bits per heavy atom. The number of rotatable bonds is 7. The van der Waals surface area contributed by atoms with Crippen LogP contribution in [0.4, 0.5) is 0 Å². The molecule has 0 saturated heterocycles. The second-order valence-electron chi connectivity index (χ2n) is 4.53. The molecule has 0 fully saturated rings. The van der Waals surface area contributed by atoms with Gasteiger partial charge in [-0.2, -0.15) is 0 Å². The molecular weight excluding hydrogens is 164 g/mol. The highest BCUT2D eigenvalue weighted by Gasteiger charge is 2.17. The van der Waals surface area contributed by atoms with Gasteiger partial charge >= 0.3 is 0 Å². The second kappa shape index (κ2) is 6.14. The van der Waals surface area contributed by atoms with Crippen molar-refractivity contribution in [3.63, 3.8) is 0 Å². The molecule has 0 aromatic heterocycles. The van der Waals surface area contributed by atoms with Gasteiger partial charge in [-0.25, -0.2) is 0 Å². The highest BCUT2D eigenvalue weighted by atomic mass is 16.5. The zero-order chi connectivity index (χ0) is 10.3. The lowest BCUT2D eigenvalue weighted by molar-refractivity contribution is -0.115. The minimum Gasteiger partial charge on any atom is -0.385 e. The topological polar surface area (TPSA) is 26.3 Å². The van der Waals surface area contributed by atoms with E-state index in [1.807, 2.05) is 13.8 Å². The fraction of sp³-hybridized carbons (Fsp3) is 0.909. The first-order valence-electron chi connectivity index (χ1n) is 4.97. The van der Waals surface area contributed by atoms with Crippen molar-refractivity contribution in [1.82, 2.24) is 0 Å². The van der Waals surface area contributed by atoms with Crippen molar-refractivity contribution in [3.8, 4) is 0 Å². The van der Waals surface area contributed by atoms with Gasteiger partial charge in [0.1, 0.15) is 6.29 Å². The summed E-state index contributed by atoms with van der Waals surface area (Å²) in [5.41, 5.74) is -0.151. The summed E-state index contributed by atoms with van der Waals surface area (Å²) >= 11 is 0. The minimum absolute atomic E-state index is 0.151. The monoisotopic (exact) mass is 186 g/mol. The van der Waals surface area contributed by atoms with Gasteiger partial charge in [0.15, 0.2) is 0 Å². The Morgan fingerprint density at radius 3 is 2.46 bits per heavy atom. The van der Waals surface area contributed by atoms with E-state index in [9.17, 15) is 4.79 Å². The van der Waals surface area contributed by atoms with E-state index in [1.54, 1.807) is 7.11 Å². The fourth-order valence-corrected chi connectivity index (χ4v) is 1.14. The zero-order valence-electron chi connectivity index (χ0n) is 9.30. The molecule has 1 unspecified atom stereocenters. The highest BCUT2D eigenvalue weighted by molar-refractivity contribution is 5.57. The van der Waals surface area contributed by atoms with Crippen LogP contribution >= 0.6 is 0 Å². The molecule has 0 amide bonds. The quantitative estimate of drug-likeness (QED) is 0.571. The van der Waals surface area contributed by atoms with Crippen LogP contribution in [0.3, 0.4) is 0 Å². The average Bonchev–Trinajstić information content (AvgIpc) is 2.11. The van der Waals surface area contributed by atoms with Crippen LogP contribution in [0.5, 0.6) is 0 Å². The molecule has 0 aliphatic rings. The lowest BCUT2D eigenvalue weighted by Gasteiger charge is -2.19. The van der Waals surface area contributed by atoms with Gasteiger partial charge in [-0.3, -0.25) is 0 Å². The number of hydrogen-bond acceptors (Lipinski definition) is 2. The Hall–Kier alpha value is -0.370. The van der Waals surface area contributed by atoms with Crippen LogP contribution in [0.15, 0.2) is 0 Å². The first-order valence-corrected chi connectivity index (χ1v) is 4.97. The first-order chi connectivity index (χ1) is 6.02. The van der Waals surface area contributed by atoms with Gasteiger partial charge < -0.3 is 9.53 Å². The maximum absolute atomic E-state index is 10.6. The van der Waals surface area contributed by atoms with Gasteiger partial charge in [-0.15, -0.1) is 0 Å². The van der Waals surface area contributed by atoms with Crippen molar-refractivity contribution in [2.75, 3.05) is 13.7 Å². The molecule has 2 heteroatoms. The zero-order valence-corrected chi connectivity index (χ0v) is 9.30. The molecule has 0 radical (unpaired) electrons. The normalized spacial score (nSPS) is 14.2. The highest BCUT2D eigenvalue weighted by Crippen LogP contribution is 2.23. The number of ether oxygens (including phenoxy) is 1. The van der Waals surface area contributed by atoms with Gasteiger partial charge in [0.25, 0.3) is 0 Å². The molecule has 0 N–H and O–H groups in total. The third-order valence-corrected chi connectivity index (χ3v) is 2.42. The Bertz CT molecular complexity index is 141. The molecule has 0 aliphatic carbocycles. The minimum atomic E-state index is -0.151. The molecule has 0 aromatic carbocycles. The van der Waals surface area contributed by atoms with E-state index < -0.39 is 0 Å². The Balaban J connectivity index is 3.56. The van der Waals surface area contributed by atoms with E-state index in [1.165, 1.54) is 0 Å². The van der Waals surface area contributed by atoms with Crippen molar-refractivity contribution in [2.45, 2.75) is 40.0 Å². The molecule has 2 nitrogen and oxygen atoms in total. The largest absolute Gasteiger partial charge is 0.385 e. The van der Waals surface area contributed by atoms with E-state index in [0.717, 1.165) is 32.2 Å². The molecule has 0 rings (SSSR count). The van der Waals surface area contributed by atoms with Crippen molar-refractivity contribution in [2.24, 2.45) is 11.3 Å². The van der Waals surface area contributed by atoms with Crippen LogP contribution < -0.4 is 0 Å². The van der Waals surface area contributed by atoms with Gasteiger partial charge in [0.2, 0.25) is 0 Å². The molecule has 13 heavy (non-hydrogen) atoms. The van der Waals surface area contributed by atoms with Gasteiger partial charge in [-0.1, -0.05) is 20.8 Å². The van der Waals surface area contributed by atoms with E-state index in [0.29, 0.717) is 5.92 Å². The smallest absolute Gasteiger partial charge is 0.125 e. The number of aldehydes is 1. The SMILES string of the molecule is COCCC(C)CCC(C)(C)C=O. The van der Waals surface area contributed by atoms with Crippen LogP contribution in [0, 0.1) is 11.3 Å². The molecule has 0 heterocycles. The summed E-state index contributed by atoms with van der Waals surface area (Å²) in [5.74, 6) is 0.652. The molecule has 78 valence electrons. The van der Waals surface area contributed by atoms with E-state index >= 15 is 0 Å². The summed E-state index contributed by atoms with van der Waals surface area (Å²) in [6, 6.07) is 0. The van der Waals surface area contributed by atoms with Crippen LogP contribution in [0.2, 0.25) is 0 Å². The Morgan fingerprint density at radius 2 is 2.00 bits per heavy atom. The Kier molecular flexibility index (Phi) is 5.97. The molecule has 1 atom stereocenters. The summed E-state index contributed by atoms with van der Waals surface area (Å²) in [5, 5.41) is 0. The van der Waals surface area contributed by atoms with Crippen molar-refractivity contribution in [3.05, 3.63) is 0 Å². The number of carbonyl (C=O) groups excluding carboxylic acids is 1. The number of methoxy groups -OCH3 is 1. The maximum Gasteiger partial charge on any atom is 0.125 e. The van der Waals surface area contributed by atoms with Crippen LogP contribution in [-0.2, 0) is 9.53 Å². The summed E-state index contributed by atoms with van der Waals surface area (Å²) in [7, 11) is 1.72. The molecule has 0 aliphatic heterocycles. The molecule has 0 spiro atoms. The van der Waals surface area contributed by atoms with Crippen molar-refractivity contribution >= 4 is 6.29 Å². The fourth-order valence-electron chi connectivity index (χ4n) is 1.14. The van der Waals surface area contributed by atoms with Crippen LogP contribution in [-0.4, -0.2) is 20.0 Å². The van der Waals surface area contributed by atoms with Crippen LogP contribution in [0.1, 0.15) is 40.0 Å². The van der Waals surface area contributed by atoms with Crippen molar-refractivity contribution in [1.29, 1.82) is 0 Å².